The van der Waals surface area contributed by atoms with Crippen molar-refractivity contribution < 1.29 is 9.90 Å². The van der Waals surface area contributed by atoms with Gasteiger partial charge >= 0.3 is 0 Å². The molecule has 0 bridgehead atoms. The highest BCUT2D eigenvalue weighted by Crippen LogP contribution is 2.26. The van der Waals surface area contributed by atoms with E-state index in [0.29, 0.717) is 13.1 Å². The number of carbonyl (C=O) groups is 1. The Balaban J connectivity index is 2.22. The van der Waals surface area contributed by atoms with Crippen molar-refractivity contribution in [3.8, 4) is 5.75 Å². The fraction of sp³-hybridized carbons (Fsp3) is 0.300. The van der Waals surface area contributed by atoms with Gasteiger partial charge in [-0.3, -0.25) is 4.79 Å². The molecule has 0 unspecified atom stereocenters. The molecule has 0 aromatic heterocycles. The summed E-state index contributed by atoms with van der Waals surface area (Å²) in [4.78, 5) is 13.0. The molecular formula is C10H12N2O2. The van der Waals surface area contributed by atoms with Crippen LogP contribution in [0.5, 0.6) is 5.75 Å². The lowest BCUT2D eigenvalue weighted by Crippen LogP contribution is -2.47. The van der Waals surface area contributed by atoms with E-state index in [9.17, 15) is 9.90 Å². The number of amides is 1. The Kier molecular flexibility index (Phi) is 2.26. The second kappa shape index (κ2) is 3.57. The van der Waals surface area contributed by atoms with Crippen LogP contribution in [0, 0.1) is 0 Å². The number of hydrogen-bond acceptors (Lipinski definition) is 3. The summed E-state index contributed by atoms with van der Waals surface area (Å²) in [7, 11) is 0. The van der Waals surface area contributed by atoms with E-state index < -0.39 is 0 Å². The third-order valence-electron chi connectivity index (χ3n) is 2.26. The normalized spacial score (nSPS) is 16.6. The quantitative estimate of drug-likeness (QED) is 0.674. The SMILES string of the molecule is O=C1CN(c2ccccc2O)CCN1. The van der Waals surface area contributed by atoms with Gasteiger partial charge in [-0.2, -0.15) is 0 Å². The largest absolute Gasteiger partial charge is 0.506 e. The van der Waals surface area contributed by atoms with Crippen LogP contribution in [0.1, 0.15) is 0 Å². The number of rotatable bonds is 1. The number of hydrogen-bond donors (Lipinski definition) is 2. The Hall–Kier alpha value is -1.71. The zero-order valence-corrected chi connectivity index (χ0v) is 7.73. The van der Waals surface area contributed by atoms with Gasteiger partial charge in [-0.15, -0.1) is 0 Å². The summed E-state index contributed by atoms with van der Waals surface area (Å²) in [5.74, 6) is 0.224. The van der Waals surface area contributed by atoms with E-state index in [1.165, 1.54) is 0 Å². The lowest BCUT2D eigenvalue weighted by Gasteiger charge is -2.28. The summed E-state index contributed by atoms with van der Waals surface area (Å²) in [6.07, 6.45) is 0. The van der Waals surface area contributed by atoms with Crippen molar-refractivity contribution in [2.24, 2.45) is 0 Å². The summed E-state index contributed by atoms with van der Waals surface area (Å²) in [6.45, 7) is 1.69. The lowest BCUT2D eigenvalue weighted by atomic mass is 10.2. The minimum absolute atomic E-state index is 0.000460. The molecule has 74 valence electrons. The van der Waals surface area contributed by atoms with Crippen molar-refractivity contribution in [1.82, 2.24) is 5.32 Å². The number of phenolic OH excluding ortho intramolecular Hbond substituents is 1. The van der Waals surface area contributed by atoms with Crippen molar-refractivity contribution >= 4 is 11.6 Å². The molecule has 1 aromatic rings. The molecule has 4 heteroatoms. The van der Waals surface area contributed by atoms with Crippen molar-refractivity contribution in [3.05, 3.63) is 24.3 Å². The standard InChI is InChI=1S/C10H12N2O2/c13-9-4-2-1-3-8(9)12-6-5-11-10(14)7-12/h1-4,13H,5-7H2,(H,11,14). The smallest absolute Gasteiger partial charge is 0.239 e. The monoisotopic (exact) mass is 192 g/mol. The molecule has 1 aliphatic heterocycles. The van der Waals surface area contributed by atoms with Crippen LogP contribution < -0.4 is 10.2 Å². The topological polar surface area (TPSA) is 52.6 Å². The Labute approximate surface area is 82.2 Å². The first-order valence-electron chi connectivity index (χ1n) is 4.57. The number of benzene rings is 1. The maximum Gasteiger partial charge on any atom is 0.239 e. The maximum absolute atomic E-state index is 11.1. The Bertz CT molecular complexity index is 352. The summed E-state index contributed by atoms with van der Waals surface area (Å²) >= 11 is 0. The predicted molar refractivity (Wildman–Crippen MR) is 53.3 cm³/mol. The van der Waals surface area contributed by atoms with Gasteiger partial charge in [0.2, 0.25) is 5.91 Å². The minimum atomic E-state index is -0.000460. The molecule has 2 rings (SSSR count). The number of para-hydroxylation sites is 2. The molecule has 1 saturated heterocycles. The fourth-order valence-corrected chi connectivity index (χ4v) is 1.58. The average Bonchev–Trinajstić information content (AvgIpc) is 2.18. The number of aromatic hydroxyl groups is 1. The zero-order valence-electron chi connectivity index (χ0n) is 7.73. The molecule has 1 aromatic carbocycles. The maximum atomic E-state index is 11.1. The van der Waals surface area contributed by atoms with Crippen LogP contribution in [0.4, 0.5) is 5.69 Å². The van der Waals surface area contributed by atoms with Crippen LogP contribution in [0.25, 0.3) is 0 Å². The molecule has 14 heavy (non-hydrogen) atoms. The number of anilines is 1. The lowest BCUT2D eigenvalue weighted by molar-refractivity contribution is -0.120. The Morgan fingerprint density at radius 3 is 2.86 bits per heavy atom. The van der Waals surface area contributed by atoms with Crippen LogP contribution in [-0.2, 0) is 4.79 Å². The number of nitrogens with one attached hydrogen (secondary N) is 1. The number of carbonyl (C=O) groups excluding carboxylic acids is 1. The molecule has 0 spiro atoms. The molecule has 0 radical (unpaired) electrons. The molecule has 2 N–H and O–H groups in total. The highest BCUT2D eigenvalue weighted by molar-refractivity contribution is 5.83. The highest BCUT2D eigenvalue weighted by Gasteiger charge is 2.18. The highest BCUT2D eigenvalue weighted by atomic mass is 16.3. The molecule has 1 fully saturated rings. The van der Waals surface area contributed by atoms with Gasteiger partial charge in [-0.25, -0.2) is 0 Å². The second-order valence-corrected chi connectivity index (χ2v) is 3.26. The van der Waals surface area contributed by atoms with E-state index in [0.717, 1.165) is 12.2 Å². The van der Waals surface area contributed by atoms with Gasteiger partial charge in [0.1, 0.15) is 5.75 Å². The fourth-order valence-electron chi connectivity index (χ4n) is 1.58. The molecule has 1 amide bonds. The van der Waals surface area contributed by atoms with Gasteiger partial charge in [-0.1, -0.05) is 12.1 Å². The van der Waals surface area contributed by atoms with Crippen molar-refractivity contribution in [2.45, 2.75) is 0 Å². The van der Waals surface area contributed by atoms with Gasteiger partial charge in [0.25, 0.3) is 0 Å². The van der Waals surface area contributed by atoms with E-state index in [1.807, 2.05) is 17.0 Å². The molecule has 0 atom stereocenters. The number of piperazine rings is 1. The Morgan fingerprint density at radius 1 is 1.36 bits per heavy atom. The summed E-state index contributed by atoms with van der Waals surface area (Å²) in [6, 6.07) is 7.06. The van der Waals surface area contributed by atoms with Gasteiger partial charge in [0.05, 0.1) is 12.2 Å². The summed E-state index contributed by atoms with van der Waals surface area (Å²) < 4.78 is 0. The summed E-state index contributed by atoms with van der Waals surface area (Å²) in [5.41, 5.74) is 0.724. The van der Waals surface area contributed by atoms with Crippen molar-refractivity contribution in [1.29, 1.82) is 0 Å². The van der Waals surface area contributed by atoms with Crippen LogP contribution in [0.2, 0.25) is 0 Å². The van der Waals surface area contributed by atoms with Crippen LogP contribution in [-0.4, -0.2) is 30.6 Å². The first-order chi connectivity index (χ1) is 6.77. The molecule has 0 saturated carbocycles. The molecule has 1 heterocycles. The van der Waals surface area contributed by atoms with Gasteiger partial charge in [0.15, 0.2) is 0 Å². The minimum Gasteiger partial charge on any atom is -0.506 e. The van der Waals surface area contributed by atoms with E-state index in [4.69, 9.17) is 0 Å². The van der Waals surface area contributed by atoms with Crippen molar-refractivity contribution in [3.63, 3.8) is 0 Å². The molecular weight excluding hydrogens is 180 g/mol. The van der Waals surface area contributed by atoms with Gasteiger partial charge in [-0.05, 0) is 12.1 Å². The third-order valence-corrected chi connectivity index (χ3v) is 2.26. The molecule has 4 nitrogen and oxygen atoms in total. The van der Waals surface area contributed by atoms with Gasteiger partial charge in [0, 0.05) is 13.1 Å². The first kappa shape index (κ1) is 8.87. The molecule has 0 aliphatic carbocycles. The second-order valence-electron chi connectivity index (χ2n) is 3.26. The number of nitrogens with zero attached hydrogens (tertiary/aromatic N) is 1. The zero-order chi connectivity index (χ0) is 9.97. The van der Waals surface area contributed by atoms with Crippen LogP contribution in [0.15, 0.2) is 24.3 Å². The number of phenols is 1. The summed E-state index contributed by atoms with van der Waals surface area (Å²) in [5, 5.41) is 12.3. The van der Waals surface area contributed by atoms with E-state index in [-0.39, 0.29) is 11.7 Å². The Morgan fingerprint density at radius 2 is 2.14 bits per heavy atom. The van der Waals surface area contributed by atoms with Gasteiger partial charge < -0.3 is 15.3 Å². The van der Waals surface area contributed by atoms with Crippen LogP contribution in [0.3, 0.4) is 0 Å². The van der Waals surface area contributed by atoms with Crippen LogP contribution >= 0.6 is 0 Å². The van der Waals surface area contributed by atoms with E-state index in [1.54, 1.807) is 12.1 Å². The third kappa shape index (κ3) is 1.64. The van der Waals surface area contributed by atoms with Crippen molar-refractivity contribution in [2.75, 3.05) is 24.5 Å². The van der Waals surface area contributed by atoms with E-state index >= 15 is 0 Å². The molecule has 1 aliphatic rings. The van der Waals surface area contributed by atoms with E-state index in [2.05, 4.69) is 5.32 Å². The first-order valence-corrected chi connectivity index (χ1v) is 4.57. The predicted octanol–water partition coefficient (Wildman–Crippen LogP) is 0.328. The average molecular weight is 192 g/mol.